The summed E-state index contributed by atoms with van der Waals surface area (Å²) in [7, 11) is 3.11. The molecule has 23 heavy (non-hydrogen) atoms. The molecule has 0 saturated heterocycles. The fourth-order valence-corrected chi connectivity index (χ4v) is 2.49. The minimum atomic E-state index is -1.02. The lowest BCUT2D eigenvalue weighted by Gasteiger charge is -2.20. The second-order valence-electron chi connectivity index (χ2n) is 4.77. The van der Waals surface area contributed by atoms with Crippen LogP contribution in [0.25, 0.3) is 0 Å². The standard InChI is InChI=1S/C16H17BrN2O4/c1-22-13-7-6-11(14(8-13)23-2)9-19(16(20)21)10-12-4-3-5-15(17)18-12/h3-8H,9-10H2,1-2H3,(H,20,21). The molecule has 0 atom stereocenters. The van der Waals surface area contributed by atoms with Crippen LogP contribution in [-0.4, -0.2) is 35.3 Å². The quantitative estimate of drug-likeness (QED) is 0.775. The maximum absolute atomic E-state index is 11.5. The van der Waals surface area contributed by atoms with Gasteiger partial charge in [0.2, 0.25) is 0 Å². The van der Waals surface area contributed by atoms with Crippen molar-refractivity contribution in [1.82, 2.24) is 9.88 Å². The molecule has 1 aromatic heterocycles. The summed E-state index contributed by atoms with van der Waals surface area (Å²) in [6.07, 6.45) is -1.02. The Labute approximate surface area is 142 Å². The van der Waals surface area contributed by atoms with Gasteiger partial charge in [0.05, 0.1) is 33.0 Å². The molecule has 0 fully saturated rings. The predicted octanol–water partition coefficient (Wildman–Crippen LogP) is 3.54. The first-order valence-corrected chi connectivity index (χ1v) is 7.63. The number of hydrogen-bond donors (Lipinski definition) is 1. The van der Waals surface area contributed by atoms with Crippen molar-refractivity contribution < 1.29 is 19.4 Å². The van der Waals surface area contributed by atoms with Crippen LogP contribution in [-0.2, 0) is 13.1 Å². The molecule has 0 unspecified atom stereocenters. The molecular weight excluding hydrogens is 364 g/mol. The summed E-state index contributed by atoms with van der Waals surface area (Å²) in [6.45, 7) is 0.376. The van der Waals surface area contributed by atoms with Crippen molar-refractivity contribution in [3.05, 3.63) is 52.3 Å². The van der Waals surface area contributed by atoms with E-state index in [1.807, 2.05) is 6.07 Å². The van der Waals surface area contributed by atoms with Crippen LogP contribution in [0.2, 0.25) is 0 Å². The number of ether oxygens (including phenoxy) is 2. The van der Waals surface area contributed by atoms with Crippen molar-refractivity contribution in [3.8, 4) is 11.5 Å². The lowest BCUT2D eigenvalue weighted by Crippen LogP contribution is -2.29. The van der Waals surface area contributed by atoms with E-state index >= 15 is 0 Å². The summed E-state index contributed by atoms with van der Waals surface area (Å²) >= 11 is 3.28. The highest BCUT2D eigenvalue weighted by Gasteiger charge is 2.16. The summed E-state index contributed by atoms with van der Waals surface area (Å²) in [4.78, 5) is 17.1. The number of hydrogen-bond acceptors (Lipinski definition) is 4. The van der Waals surface area contributed by atoms with Gasteiger partial charge in [-0.2, -0.15) is 0 Å². The van der Waals surface area contributed by atoms with Gasteiger partial charge < -0.3 is 14.6 Å². The van der Waals surface area contributed by atoms with Gasteiger partial charge in [0.15, 0.2) is 0 Å². The molecule has 1 N–H and O–H groups in total. The Hall–Kier alpha value is -2.28. The summed E-state index contributed by atoms with van der Waals surface area (Å²) < 4.78 is 11.1. The molecule has 0 aliphatic carbocycles. The van der Waals surface area contributed by atoms with Crippen molar-refractivity contribution in [2.75, 3.05) is 14.2 Å². The molecule has 2 rings (SSSR count). The molecular formula is C16H17BrN2O4. The summed E-state index contributed by atoms with van der Waals surface area (Å²) in [5, 5.41) is 9.45. The van der Waals surface area contributed by atoms with Crippen LogP contribution in [0.15, 0.2) is 41.0 Å². The van der Waals surface area contributed by atoms with E-state index in [0.717, 1.165) is 5.56 Å². The van der Waals surface area contributed by atoms with Gasteiger partial charge in [-0.25, -0.2) is 9.78 Å². The number of pyridine rings is 1. The first-order chi connectivity index (χ1) is 11.0. The van der Waals surface area contributed by atoms with Crippen molar-refractivity contribution in [2.45, 2.75) is 13.1 Å². The number of amides is 1. The zero-order chi connectivity index (χ0) is 16.8. The Morgan fingerprint density at radius 1 is 1.22 bits per heavy atom. The van der Waals surface area contributed by atoms with E-state index in [9.17, 15) is 9.90 Å². The first-order valence-electron chi connectivity index (χ1n) is 6.83. The van der Waals surface area contributed by atoms with E-state index < -0.39 is 6.09 Å². The molecule has 0 aliphatic rings. The van der Waals surface area contributed by atoms with Crippen molar-refractivity contribution in [3.63, 3.8) is 0 Å². The second kappa shape index (κ2) is 7.82. The van der Waals surface area contributed by atoms with Gasteiger partial charge in [0, 0.05) is 11.6 Å². The van der Waals surface area contributed by atoms with E-state index in [1.165, 1.54) is 4.90 Å². The Kier molecular flexibility index (Phi) is 5.81. The Morgan fingerprint density at radius 3 is 2.61 bits per heavy atom. The number of rotatable bonds is 6. The van der Waals surface area contributed by atoms with Gasteiger partial charge in [-0.05, 0) is 40.2 Å². The molecule has 2 aromatic rings. The molecule has 6 nitrogen and oxygen atoms in total. The van der Waals surface area contributed by atoms with Gasteiger partial charge in [-0.15, -0.1) is 0 Å². The third-order valence-electron chi connectivity index (χ3n) is 3.25. The maximum atomic E-state index is 11.5. The third kappa shape index (κ3) is 4.59. The molecule has 0 saturated carbocycles. The fourth-order valence-electron chi connectivity index (χ4n) is 2.11. The zero-order valence-electron chi connectivity index (χ0n) is 12.8. The molecule has 1 heterocycles. The zero-order valence-corrected chi connectivity index (χ0v) is 14.4. The second-order valence-corrected chi connectivity index (χ2v) is 5.58. The number of methoxy groups -OCH3 is 2. The highest BCUT2D eigenvalue weighted by molar-refractivity contribution is 9.10. The monoisotopic (exact) mass is 380 g/mol. The van der Waals surface area contributed by atoms with Gasteiger partial charge in [-0.3, -0.25) is 4.90 Å². The van der Waals surface area contributed by atoms with Crippen LogP contribution in [0.3, 0.4) is 0 Å². The predicted molar refractivity (Wildman–Crippen MR) is 88.8 cm³/mol. The molecule has 0 radical (unpaired) electrons. The number of carboxylic acid groups (broad SMARTS) is 1. The molecule has 0 bridgehead atoms. The molecule has 0 aliphatic heterocycles. The number of carbonyl (C=O) groups is 1. The minimum Gasteiger partial charge on any atom is -0.497 e. The van der Waals surface area contributed by atoms with E-state index in [4.69, 9.17) is 9.47 Å². The summed E-state index contributed by atoms with van der Waals surface area (Å²) in [6, 6.07) is 10.7. The molecule has 1 amide bonds. The third-order valence-corrected chi connectivity index (χ3v) is 3.69. The van der Waals surface area contributed by atoms with E-state index in [1.54, 1.807) is 44.6 Å². The van der Waals surface area contributed by atoms with Crippen LogP contribution in [0.4, 0.5) is 4.79 Å². The summed E-state index contributed by atoms with van der Waals surface area (Å²) in [5.74, 6) is 1.24. The van der Waals surface area contributed by atoms with Crippen LogP contribution in [0.1, 0.15) is 11.3 Å². The van der Waals surface area contributed by atoms with Crippen molar-refractivity contribution in [1.29, 1.82) is 0 Å². The van der Waals surface area contributed by atoms with Gasteiger partial charge in [0.1, 0.15) is 16.1 Å². The van der Waals surface area contributed by atoms with Crippen LogP contribution in [0, 0.1) is 0 Å². The number of benzene rings is 1. The van der Waals surface area contributed by atoms with E-state index in [0.29, 0.717) is 21.8 Å². The fraction of sp³-hybridized carbons (Fsp3) is 0.250. The average molecular weight is 381 g/mol. The molecule has 122 valence electrons. The Morgan fingerprint density at radius 2 is 2.00 bits per heavy atom. The minimum absolute atomic E-state index is 0.184. The SMILES string of the molecule is COc1ccc(CN(Cc2cccc(Br)n2)C(=O)O)c(OC)c1. The molecule has 1 aromatic carbocycles. The molecule has 0 spiro atoms. The average Bonchev–Trinajstić information content (AvgIpc) is 2.54. The van der Waals surface area contributed by atoms with Crippen LogP contribution >= 0.6 is 15.9 Å². The summed E-state index contributed by atoms with van der Waals surface area (Å²) in [5.41, 5.74) is 1.42. The van der Waals surface area contributed by atoms with Crippen LogP contribution in [0.5, 0.6) is 11.5 Å². The number of nitrogens with zero attached hydrogens (tertiary/aromatic N) is 2. The smallest absolute Gasteiger partial charge is 0.407 e. The number of halogens is 1. The van der Waals surface area contributed by atoms with Crippen molar-refractivity contribution >= 4 is 22.0 Å². The van der Waals surface area contributed by atoms with Gasteiger partial charge >= 0.3 is 6.09 Å². The normalized spacial score (nSPS) is 10.2. The van der Waals surface area contributed by atoms with Gasteiger partial charge in [0.25, 0.3) is 0 Å². The highest BCUT2D eigenvalue weighted by Crippen LogP contribution is 2.26. The Balaban J connectivity index is 2.21. The largest absolute Gasteiger partial charge is 0.497 e. The van der Waals surface area contributed by atoms with Crippen LogP contribution < -0.4 is 9.47 Å². The Bertz CT molecular complexity index is 694. The topological polar surface area (TPSA) is 71.9 Å². The van der Waals surface area contributed by atoms with E-state index in [2.05, 4.69) is 20.9 Å². The van der Waals surface area contributed by atoms with Crippen molar-refractivity contribution in [2.24, 2.45) is 0 Å². The lowest BCUT2D eigenvalue weighted by atomic mass is 10.1. The lowest BCUT2D eigenvalue weighted by molar-refractivity contribution is 0.138. The maximum Gasteiger partial charge on any atom is 0.407 e. The van der Waals surface area contributed by atoms with E-state index in [-0.39, 0.29) is 13.1 Å². The molecule has 7 heteroatoms. The number of aromatic nitrogens is 1. The van der Waals surface area contributed by atoms with Gasteiger partial charge in [-0.1, -0.05) is 6.07 Å². The first kappa shape index (κ1) is 17.1. The highest BCUT2D eigenvalue weighted by atomic mass is 79.9.